The zero-order valence-corrected chi connectivity index (χ0v) is 17.0. The van der Waals surface area contributed by atoms with Crippen LogP contribution in [-0.4, -0.2) is 45.5 Å². The quantitative estimate of drug-likeness (QED) is 0.632. The Labute approximate surface area is 166 Å². The third-order valence-corrected chi connectivity index (χ3v) is 5.01. The van der Waals surface area contributed by atoms with E-state index in [1.807, 2.05) is 18.2 Å². The molecule has 0 bridgehead atoms. The van der Waals surface area contributed by atoms with Gasteiger partial charge in [-0.15, -0.1) is 0 Å². The van der Waals surface area contributed by atoms with E-state index in [0.717, 1.165) is 19.6 Å². The Morgan fingerprint density at radius 2 is 1.71 bits per heavy atom. The standard InChI is InChI=1S/C20H27N3O4S/c1-3-23(4-2)13-14-27-19-8-6-5-7-18(19)22-20(24)17-11-9-16(10-12-17)15-28(21,25)26/h5-12H,3-4,13-15H2,1-2H3,(H,22,24)(H2,21,25,26). The predicted molar refractivity (Wildman–Crippen MR) is 111 cm³/mol. The molecule has 28 heavy (non-hydrogen) atoms. The molecule has 3 N–H and O–H groups in total. The van der Waals surface area contributed by atoms with Crippen molar-refractivity contribution in [1.82, 2.24) is 4.90 Å². The number of nitrogens with zero attached hydrogens (tertiary/aromatic N) is 1. The number of amides is 1. The molecule has 0 aliphatic heterocycles. The first-order valence-corrected chi connectivity index (χ1v) is 10.9. The minimum absolute atomic E-state index is 0.266. The van der Waals surface area contributed by atoms with E-state index in [1.165, 1.54) is 0 Å². The average Bonchev–Trinajstić information content (AvgIpc) is 2.66. The fraction of sp³-hybridized carbons (Fsp3) is 0.350. The summed E-state index contributed by atoms with van der Waals surface area (Å²) < 4.78 is 28.1. The van der Waals surface area contributed by atoms with Gasteiger partial charge in [0.15, 0.2) is 0 Å². The van der Waals surface area contributed by atoms with Gasteiger partial charge in [0.05, 0.1) is 11.4 Å². The number of nitrogens with one attached hydrogen (secondary N) is 1. The highest BCUT2D eigenvalue weighted by molar-refractivity contribution is 7.88. The van der Waals surface area contributed by atoms with Gasteiger partial charge in [0, 0.05) is 12.1 Å². The monoisotopic (exact) mass is 405 g/mol. The number of anilines is 1. The maximum absolute atomic E-state index is 12.5. The lowest BCUT2D eigenvalue weighted by atomic mass is 10.1. The van der Waals surface area contributed by atoms with Crippen molar-refractivity contribution >= 4 is 21.6 Å². The number of hydrogen-bond donors (Lipinski definition) is 2. The second-order valence-corrected chi connectivity index (χ2v) is 7.94. The Morgan fingerprint density at radius 1 is 1.07 bits per heavy atom. The van der Waals surface area contributed by atoms with Gasteiger partial charge in [-0.05, 0) is 42.9 Å². The second kappa shape index (κ2) is 10.2. The highest BCUT2D eigenvalue weighted by Crippen LogP contribution is 2.24. The third-order valence-electron chi connectivity index (χ3n) is 4.28. The van der Waals surface area contributed by atoms with Gasteiger partial charge >= 0.3 is 0 Å². The van der Waals surface area contributed by atoms with Gasteiger partial charge in [0.2, 0.25) is 10.0 Å². The molecule has 1 amide bonds. The van der Waals surface area contributed by atoms with Gasteiger partial charge < -0.3 is 15.0 Å². The largest absolute Gasteiger partial charge is 0.490 e. The molecule has 0 fully saturated rings. The van der Waals surface area contributed by atoms with Crippen LogP contribution in [0.5, 0.6) is 5.75 Å². The number of rotatable bonds is 10. The van der Waals surface area contributed by atoms with Crippen LogP contribution in [0, 0.1) is 0 Å². The van der Waals surface area contributed by atoms with Crippen molar-refractivity contribution in [3.63, 3.8) is 0 Å². The van der Waals surface area contributed by atoms with E-state index < -0.39 is 10.0 Å². The second-order valence-electron chi connectivity index (χ2n) is 6.33. The molecule has 7 nitrogen and oxygen atoms in total. The van der Waals surface area contributed by atoms with Crippen molar-refractivity contribution in [2.75, 3.05) is 31.6 Å². The number of nitrogens with two attached hydrogens (primary N) is 1. The molecule has 2 rings (SSSR count). The Bertz CT molecular complexity index is 879. The maximum Gasteiger partial charge on any atom is 0.255 e. The van der Waals surface area contributed by atoms with E-state index in [1.54, 1.807) is 30.3 Å². The Balaban J connectivity index is 2.02. The lowest BCUT2D eigenvalue weighted by molar-refractivity contribution is 0.102. The first-order valence-electron chi connectivity index (χ1n) is 9.17. The molecule has 8 heteroatoms. The van der Waals surface area contributed by atoms with E-state index >= 15 is 0 Å². The third kappa shape index (κ3) is 6.95. The van der Waals surface area contributed by atoms with Gasteiger partial charge in [-0.1, -0.05) is 38.1 Å². The number of ether oxygens (including phenoxy) is 1. The molecule has 0 spiro atoms. The SMILES string of the molecule is CCN(CC)CCOc1ccccc1NC(=O)c1ccc(CS(N)(=O)=O)cc1. The summed E-state index contributed by atoms with van der Waals surface area (Å²) in [6.07, 6.45) is 0. The smallest absolute Gasteiger partial charge is 0.255 e. The number of likely N-dealkylation sites (N-methyl/N-ethyl adjacent to an activating group) is 1. The number of carbonyl (C=O) groups is 1. The lowest BCUT2D eigenvalue weighted by Crippen LogP contribution is -2.28. The summed E-state index contributed by atoms with van der Waals surface area (Å²) in [5.41, 5.74) is 1.52. The highest BCUT2D eigenvalue weighted by Gasteiger charge is 2.11. The van der Waals surface area contributed by atoms with Crippen LogP contribution >= 0.6 is 0 Å². The molecule has 0 aliphatic carbocycles. The number of sulfonamides is 1. The number of primary sulfonamides is 1. The van der Waals surface area contributed by atoms with Gasteiger partial charge in [-0.2, -0.15) is 0 Å². The molecule has 0 aliphatic rings. The van der Waals surface area contributed by atoms with Crippen molar-refractivity contribution in [2.24, 2.45) is 5.14 Å². The van der Waals surface area contributed by atoms with Crippen LogP contribution in [0.25, 0.3) is 0 Å². The van der Waals surface area contributed by atoms with Gasteiger partial charge in [-0.3, -0.25) is 4.79 Å². The van der Waals surface area contributed by atoms with E-state index in [-0.39, 0.29) is 11.7 Å². The van der Waals surface area contributed by atoms with Gasteiger partial charge in [0.1, 0.15) is 12.4 Å². The molecule has 0 heterocycles. The number of hydrogen-bond acceptors (Lipinski definition) is 5. The maximum atomic E-state index is 12.5. The summed E-state index contributed by atoms with van der Waals surface area (Å²) in [5.74, 6) is 0.0359. The number of carbonyl (C=O) groups excluding carboxylic acids is 1. The molecule has 0 saturated heterocycles. The highest BCUT2D eigenvalue weighted by atomic mass is 32.2. The van der Waals surface area contributed by atoms with Crippen molar-refractivity contribution < 1.29 is 17.9 Å². The zero-order valence-electron chi connectivity index (χ0n) is 16.2. The number of benzene rings is 2. The van der Waals surface area contributed by atoms with Gasteiger partial charge in [0.25, 0.3) is 5.91 Å². The molecule has 0 aromatic heterocycles. The van der Waals surface area contributed by atoms with Crippen molar-refractivity contribution in [2.45, 2.75) is 19.6 Å². The normalized spacial score (nSPS) is 11.4. The van der Waals surface area contributed by atoms with E-state index in [4.69, 9.17) is 9.88 Å². The van der Waals surface area contributed by atoms with Crippen molar-refractivity contribution in [3.05, 3.63) is 59.7 Å². The molecule has 2 aromatic carbocycles. The van der Waals surface area contributed by atoms with Crippen LogP contribution in [0.2, 0.25) is 0 Å². The molecule has 0 atom stereocenters. The van der Waals surface area contributed by atoms with Crippen LogP contribution in [-0.2, 0) is 15.8 Å². The van der Waals surface area contributed by atoms with Crippen LogP contribution < -0.4 is 15.2 Å². The molecule has 0 saturated carbocycles. The molecule has 0 unspecified atom stereocenters. The molecule has 0 radical (unpaired) electrons. The summed E-state index contributed by atoms with van der Waals surface area (Å²) in [6.45, 7) is 7.45. The topological polar surface area (TPSA) is 102 Å². The number of para-hydroxylation sites is 2. The fourth-order valence-electron chi connectivity index (χ4n) is 2.70. The molecular weight excluding hydrogens is 378 g/mol. The van der Waals surface area contributed by atoms with E-state index in [0.29, 0.717) is 29.2 Å². The first kappa shape index (κ1) is 21.9. The predicted octanol–water partition coefficient (Wildman–Crippen LogP) is 2.45. The summed E-state index contributed by atoms with van der Waals surface area (Å²) in [4.78, 5) is 14.8. The van der Waals surface area contributed by atoms with Crippen molar-refractivity contribution in [3.8, 4) is 5.75 Å². The average molecular weight is 406 g/mol. The minimum atomic E-state index is -3.60. The van der Waals surface area contributed by atoms with E-state index in [9.17, 15) is 13.2 Å². The summed E-state index contributed by atoms with van der Waals surface area (Å²) in [5, 5.41) is 7.88. The molecule has 2 aromatic rings. The Morgan fingerprint density at radius 3 is 2.32 bits per heavy atom. The summed E-state index contributed by atoms with van der Waals surface area (Å²) in [7, 11) is -3.60. The van der Waals surface area contributed by atoms with Crippen LogP contribution in [0.1, 0.15) is 29.8 Å². The Hall–Kier alpha value is -2.42. The van der Waals surface area contributed by atoms with E-state index in [2.05, 4.69) is 24.1 Å². The fourth-order valence-corrected chi connectivity index (χ4v) is 3.36. The minimum Gasteiger partial charge on any atom is -0.490 e. The summed E-state index contributed by atoms with van der Waals surface area (Å²) in [6, 6.07) is 13.6. The molecular formula is C20H27N3O4S. The first-order chi connectivity index (χ1) is 13.3. The van der Waals surface area contributed by atoms with Crippen molar-refractivity contribution in [1.29, 1.82) is 0 Å². The lowest BCUT2D eigenvalue weighted by Gasteiger charge is -2.19. The summed E-state index contributed by atoms with van der Waals surface area (Å²) >= 11 is 0. The molecule has 152 valence electrons. The Kier molecular flexibility index (Phi) is 7.98. The van der Waals surface area contributed by atoms with Gasteiger partial charge in [-0.25, -0.2) is 13.6 Å². The van der Waals surface area contributed by atoms with Crippen LogP contribution in [0.4, 0.5) is 5.69 Å². The zero-order chi connectivity index (χ0) is 20.6. The van der Waals surface area contributed by atoms with Crippen LogP contribution in [0.3, 0.4) is 0 Å². The van der Waals surface area contributed by atoms with Crippen LogP contribution in [0.15, 0.2) is 48.5 Å².